The largest absolute Gasteiger partial charge is 0.416 e. The molecule has 13 heteroatoms. The lowest BCUT2D eigenvalue weighted by atomic mass is 10.0. The van der Waals surface area contributed by atoms with E-state index in [1.165, 1.54) is 0 Å². The third-order valence-corrected chi connectivity index (χ3v) is 7.63. The Balaban J connectivity index is 1.54. The van der Waals surface area contributed by atoms with Crippen molar-refractivity contribution in [1.29, 1.82) is 0 Å². The SMILES string of the molecule is CC[C@@H]1C[C@H](N(Cc2cc(C(F)(F)F)cc(C(F)(F)F)c2)c2ccc(-c3cnn(C)c3)cn2)CN1c1ccnc(Cl)c1. The lowest BCUT2D eigenvalue weighted by Gasteiger charge is -2.31. The van der Waals surface area contributed by atoms with Crippen LogP contribution in [-0.2, 0) is 25.9 Å². The molecule has 0 aliphatic carbocycles. The predicted octanol–water partition coefficient (Wildman–Crippen LogP) is 7.63. The molecule has 0 saturated carbocycles. The van der Waals surface area contributed by atoms with E-state index in [4.69, 9.17) is 11.6 Å². The van der Waals surface area contributed by atoms with Crippen molar-refractivity contribution in [3.8, 4) is 11.1 Å². The quantitative estimate of drug-likeness (QED) is 0.159. The van der Waals surface area contributed by atoms with Crippen LogP contribution >= 0.6 is 11.6 Å². The van der Waals surface area contributed by atoms with Gasteiger partial charge in [0.2, 0.25) is 0 Å². The molecule has 2 atom stereocenters. The number of halogens is 7. The van der Waals surface area contributed by atoms with E-state index in [9.17, 15) is 26.3 Å². The Morgan fingerprint density at radius 3 is 2.19 bits per heavy atom. The minimum atomic E-state index is -4.94. The summed E-state index contributed by atoms with van der Waals surface area (Å²) in [6, 6.07) is 8.58. The summed E-state index contributed by atoms with van der Waals surface area (Å²) in [6.07, 6.45) is -1.81. The standard InChI is InChI=1S/C29H27ClF6N6/c1-3-23-11-25(17-41(23)24-6-7-37-26(30)12-24)42(27-5-4-19(13-38-27)20-14-39-40(2)16-20)15-18-8-21(28(31,32)33)10-22(9-18)29(34,35)36/h4-10,12-14,16,23,25H,3,11,15,17H2,1-2H3/t23-,25+/m1/s1. The molecule has 0 radical (unpaired) electrons. The molecule has 1 saturated heterocycles. The maximum atomic E-state index is 13.7. The van der Waals surface area contributed by atoms with Crippen LogP contribution in [0.2, 0.25) is 5.15 Å². The highest BCUT2D eigenvalue weighted by atomic mass is 35.5. The molecule has 5 rings (SSSR count). The first-order valence-electron chi connectivity index (χ1n) is 13.2. The average Bonchev–Trinajstić information content (AvgIpc) is 3.57. The number of nitrogens with zero attached hydrogens (tertiary/aromatic N) is 6. The third-order valence-electron chi connectivity index (χ3n) is 7.43. The Labute approximate surface area is 243 Å². The number of aromatic nitrogens is 4. The monoisotopic (exact) mass is 608 g/mol. The fraction of sp³-hybridized carbons (Fsp3) is 0.345. The number of hydrogen-bond donors (Lipinski definition) is 0. The van der Waals surface area contributed by atoms with Crippen molar-refractivity contribution in [3.63, 3.8) is 0 Å². The Kier molecular flexibility index (Phi) is 8.10. The normalized spacial score (nSPS) is 17.6. The first-order valence-corrected chi connectivity index (χ1v) is 13.6. The van der Waals surface area contributed by atoms with E-state index in [0.29, 0.717) is 23.9 Å². The van der Waals surface area contributed by atoms with Gasteiger partial charge in [-0.3, -0.25) is 4.68 Å². The highest BCUT2D eigenvalue weighted by molar-refractivity contribution is 6.29. The molecule has 0 bridgehead atoms. The third kappa shape index (κ3) is 6.48. The second-order valence-corrected chi connectivity index (χ2v) is 10.7. The summed E-state index contributed by atoms with van der Waals surface area (Å²) in [5.41, 5.74) is -0.382. The zero-order valence-electron chi connectivity index (χ0n) is 22.7. The van der Waals surface area contributed by atoms with E-state index in [0.717, 1.165) is 35.4 Å². The van der Waals surface area contributed by atoms with Gasteiger partial charge in [-0.1, -0.05) is 18.5 Å². The summed E-state index contributed by atoms with van der Waals surface area (Å²) in [6.45, 7) is 2.27. The van der Waals surface area contributed by atoms with Crippen molar-refractivity contribution in [1.82, 2.24) is 19.7 Å². The molecule has 0 N–H and O–H groups in total. The van der Waals surface area contributed by atoms with Crippen molar-refractivity contribution in [2.24, 2.45) is 7.05 Å². The molecule has 6 nitrogen and oxygen atoms in total. The first-order chi connectivity index (χ1) is 19.8. The molecule has 4 heterocycles. The highest BCUT2D eigenvalue weighted by Gasteiger charge is 2.39. The molecule has 42 heavy (non-hydrogen) atoms. The molecular formula is C29H27ClF6N6. The van der Waals surface area contributed by atoms with Crippen LogP contribution in [0.3, 0.4) is 0 Å². The molecule has 1 aliphatic heterocycles. The number of rotatable bonds is 7. The number of alkyl halides is 6. The highest BCUT2D eigenvalue weighted by Crippen LogP contribution is 2.38. The maximum absolute atomic E-state index is 13.7. The summed E-state index contributed by atoms with van der Waals surface area (Å²) in [5.74, 6) is 0.433. The summed E-state index contributed by atoms with van der Waals surface area (Å²) in [5, 5.41) is 4.48. The van der Waals surface area contributed by atoms with Crippen molar-refractivity contribution < 1.29 is 26.3 Å². The topological polar surface area (TPSA) is 50.1 Å². The molecule has 4 aromatic rings. The Hall–Kier alpha value is -3.80. The number of benzene rings is 1. The van der Waals surface area contributed by atoms with Crippen molar-refractivity contribution in [3.05, 3.63) is 89.1 Å². The fourth-order valence-electron chi connectivity index (χ4n) is 5.39. The van der Waals surface area contributed by atoms with Crippen LogP contribution in [0.5, 0.6) is 0 Å². The van der Waals surface area contributed by atoms with E-state index < -0.39 is 23.5 Å². The van der Waals surface area contributed by atoms with E-state index >= 15 is 0 Å². The van der Waals surface area contributed by atoms with Gasteiger partial charge in [-0.2, -0.15) is 31.4 Å². The molecule has 0 amide bonds. The Morgan fingerprint density at radius 1 is 0.929 bits per heavy atom. The van der Waals surface area contributed by atoms with Gasteiger partial charge in [0.15, 0.2) is 0 Å². The zero-order chi connectivity index (χ0) is 30.2. The molecule has 1 fully saturated rings. The summed E-state index contributed by atoms with van der Waals surface area (Å²) < 4.78 is 83.5. The fourth-order valence-corrected chi connectivity index (χ4v) is 5.56. The van der Waals surface area contributed by atoms with Crippen molar-refractivity contribution >= 4 is 23.1 Å². The lowest BCUT2D eigenvalue weighted by Crippen LogP contribution is -2.38. The number of pyridine rings is 2. The van der Waals surface area contributed by atoms with Crippen LogP contribution < -0.4 is 9.80 Å². The van der Waals surface area contributed by atoms with Crippen LogP contribution in [0.1, 0.15) is 36.5 Å². The van der Waals surface area contributed by atoms with Gasteiger partial charge in [0, 0.05) is 61.6 Å². The average molecular weight is 609 g/mol. The van der Waals surface area contributed by atoms with Crippen LogP contribution in [-0.4, -0.2) is 38.4 Å². The number of anilines is 2. The minimum Gasteiger partial charge on any atom is -0.366 e. The van der Waals surface area contributed by atoms with E-state index in [-0.39, 0.29) is 30.3 Å². The van der Waals surface area contributed by atoms with E-state index in [1.807, 2.05) is 25.3 Å². The van der Waals surface area contributed by atoms with Gasteiger partial charge in [-0.25, -0.2) is 9.97 Å². The molecule has 3 aromatic heterocycles. The lowest BCUT2D eigenvalue weighted by molar-refractivity contribution is -0.143. The van der Waals surface area contributed by atoms with Gasteiger partial charge in [-0.05, 0) is 60.9 Å². The van der Waals surface area contributed by atoms with Crippen LogP contribution in [0, 0.1) is 0 Å². The minimum absolute atomic E-state index is 0.0536. The van der Waals surface area contributed by atoms with Gasteiger partial charge in [0.25, 0.3) is 0 Å². The van der Waals surface area contributed by atoms with Crippen molar-refractivity contribution in [2.75, 3.05) is 16.3 Å². The van der Waals surface area contributed by atoms with Crippen LogP contribution in [0.15, 0.2) is 67.3 Å². The van der Waals surface area contributed by atoms with E-state index in [1.54, 1.807) is 47.4 Å². The van der Waals surface area contributed by atoms with Crippen LogP contribution in [0.4, 0.5) is 37.8 Å². The second kappa shape index (κ2) is 11.5. The summed E-state index contributed by atoms with van der Waals surface area (Å²) >= 11 is 6.14. The number of aryl methyl sites for hydroxylation is 1. The van der Waals surface area contributed by atoms with Gasteiger partial charge in [0.1, 0.15) is 11.0 Å². The molecule has 0 spiro atoms. The first kappa shape index (κ1) is 29.7. The molecule has 1 aliphatic rings. The van der Waals surface area contributed by atoms with Crippen LogP contribution in [0.25, 0.3) is 11.1 Å². The van der Waals surface area contributed by atoms with Gasteiger partial charge in [0.05, 0.1) is 23.4 Å². The van der Waals surface area contributed by atoms with Gasteiger partial charge >= 0.3 is 12.4 Å². The van der Waals surface area contributed by atoms with Crippen molar-refractivity contribution in [2.45, 2.75) is 50.7 Å². The smallest absolute Gasteiger partial charge is 0.366 e. The number of hydrogen-bond acceptors (Lipinski definition) is 5. The van der Waals surface area contributed by atoms with E-state index in [2.05, 4.69) is 20.0 Å². The molecule has 222 valence electrons. The van der Waals surface area contributed by atoms with Gasteiger partial charge < -0.3 is 9.80 Å². The molecular weight excluding hydrogens is 582 g/mol. The Morgan fingerprint density at radius 2 is 1.64 bits per heavy atom. The Bertz CT molecular complexity index is 1500. The van der Waals surface area contributed by atoms with Gasteiger partial charge in [-0.15, -0.1) is 0 Å². The zero-order valence-corrected chi connectivity index (χ0v) is 23.4. The summed E-state index contributed by atoms with van der Waals surface area (Å²) in [4.78, 5) is 12.6. The second-order valence-electron chi connectivity index (χ2n) is 10.3. The summed E-state index contributed by atoms with van der Waals surface area (Å²) in [7, 11) is 1.78. The molecule has 0 unspecified atom stereocenters. The molecule has 1 aromatic carbocycles. The predicted molar refractivity (Wildman–Crippen MR) is 148 cm³/mol. The maximum Gasteiger partial charge on any atom is 0.416 e.